The predicted molar refractivity (Wildman–Crippen MR) is 69.3 cm³/mol. The second kappa shape index (κ2) is 5.21. The molecule has 0 radical (unpaired) electrons. The van der Waals surface area contributed by atoms with Crippen LogP contribution in [0.1, 0.15) is 25.7 Å². The first kappa shape index (κ1) is 13.1. The highest BCUT2D eigenvalue weighted by Crippen LogP contribution is 2.39. The quantitative estimate of drug-likeness (QED) is 0.748. The minimum Gasteiger partial charge on any atom is -0.381 e. The third kappa shape index (κ3) is 2.19. The van der Waals surface area contributed by atoms with Crippen molar-refractivity contribution in [3.63, 3.8) is 0 Å². The Morgan fingerprint density at radius 1 is 1.26 bits per heavy atom. The monoisotopic (exact) mass is 266 g/mol. The molecule has 2 aliphatic heterocycles. The van der Waals surface area contributed by atoms with Crippen molar-refractivity contribution in [2.75, 3.05) is 26.8 Å². The maximum Gasteiger partial charge on any atom is 0.233 e. The molecular formula is C14H22N2O3. The van der Waals surface area contributed by atoms with Crippen LogP contribution >= 0.6 is 0 Å². The highest BCUT2D eigenvalue weighted by Gasteiger charge is 2.50. The number of nitrogens with zero attached hydrogens (tertiary/aromatic N) is 1. The average Bonchev–Trinajstić information content (AvgIpc) is 3.12. The summed E-state index contributed by atoms with van der Waals surface area (Å²) in [5, 5.41) is 3.25. The first-order valence-corrected chi connectivity index (χ1v) is 7.32. The number of carbonyl (C=O) groups is 2. The molecule has 0 bridgehead atoms. The number of hydrogen-bond donors (Lipinski definition) is 1. The third-order valence-corrected chi connectivity index (χ3v) is 4.97. The fourth-order valence-corrected chi connectivity index (χ4v) is 3.78. The molecule has 4 unspecified atom stereocenters. The van der Waals surface area contributed by atoms with E-state index in [0.717, 1.165) is 38.9 Å². The van der Waals surface area contributed by atoms with Gasteiger partial charge in [0.15, 0.2) is 0 Å². The van der Waals surface area contributed by atoms with Crippen molar-refractivity contribution in [2.45, 2.75) is 31.7 Å². The summed E-state index contributed by atoms with van der Waals surface area (Å²) in [5.41, 5.74) is 0. The van der Waals surface area contributed by atoms with Gasteiger partial charge >= 0.3 is 0 Å². The van der Waals surface area contributed by atoms with Crippen LogP contribution < -0.4 is 5.32 Å². The summed E-state index contributed by atoms with van der Waals surface area (Å²) in [7, 11) is 1.90. The smallest absolute Gasteiger partial charge is 0.233 e. The number of hydrogen-bond acceptors (Lipinski definition) is 4. The van der Waals surface area contributed by atoms with E-state index in [1.165, 1.54) is 4.90 Å². The number of nitrogens with one attached hydrogen (secondary N) is 1. The topological polar surface area (TPSA) is 58.6 Å². The number of likely N-dealkylation sites (N-methyl/N-ethyl adjacent to an activating group) is 1. The lowest BCUT2D eigenvalue weighted by molar-refractivity contribution is -0.140. The number of rotatable bonds is 4. The van der Waals surface area contributed by atoms with E-state index in [-0.39, 0.29) is 29.7 Å². The van der Waals surface area contributed by atoms with Crippen LogP contribution in [0.3, 0.4) is 0 Å². The molecule has 3 fully saturated rings. The molecule has 1 aliphatic carbocycles. The Morgan fingerprint density at radius 2 is 1.95 bits per heavy atom. The molecule has 3 rings (SSSR count). The Hall–Kier alpha value is -0.940. The van der Waals surface area contributed by atoms with Crippen molar-refractivity contribution in [3.8, 4) is 0 Å². The molecule has 19 heavy (non-hydrogen) atoms. The molecule has 1 N–H and O–H groups in total. The zero-order valence-corrected chi connectivity index (χ0v) is 11.4. The fourth-order valence-electron chi connectivity index (χ4n) is 3.78. The van der Waals surface area contributed by atoms with Crippen molar-refractivity contribution >= 4 is 11.8 Å². The lowest BCUT2D eigenvalue weighted by atomic mass is 9.98. The Morgan fingerprint density at radius 3 is 2.47 bits per heavy atom. The highest BCUT2D eigenvalue weighted by atomic mass is 16.5. The summed E-state index contributed by atoms with van der Waals surface area (Å²) in [4.78, 5) is 26.1. The summed E-state index contributed by atoms with van der Waals surface area (Å²) < 4.78 is 5.40. The fraction of sp³-hybridized carbons (Fsp3) is 0.857. The molecule has 2 saturated heterocycles. The van der Waals surface area contributed by atoms with Gasteiger partial charge in [-0.1, -0.05) is 6.42 Å². The SMILES string of the molecule is CNC(CN1C(=O)C2CCCC2C1=O)C1CCOC1. The lowest BCUT2D eigenvalue weighted by Gasteiger charge is -2.26. The highest BCUT2D eigenvalue weighted by molar-refractivity contribution is 6.05. The van der Waals surface area contributed by atoms with E-state index in [1.54, 1.807) is 0 Å². The number of carbonyl (C=O) groups excluding carboxylic acids is 2. The van der Waals surface area contributed by atoms with E-state index in [1.807, 2.05) is 7.05 Å². The van der Waals surface area contributed by atoms with Crippen molar-refractivity contribution in [1.29, 1.82) is 0 Å². The number of ether oxygens (including phenoxy) is 1. The first-order chi connectivity index (χ1) is 9.22. The Labute approximate surface area is 113 Å². The van der Waals surface area contributed by atoms with Gasteiger partial charge in [0.2, 0.25) is 11.8 Å². The molecule has 0 aromatic rings. The van der Waals surface area contributed by atoms with Gasteiger partial charge in [0.25, 0.3) is 0 Å². The molecule has 5 heteroatoms. The molecule has 3 aliphatic rings. The molecule has 0 aromatic heterocycles. The molecule has 5 nitrogen and oxygen atoms in total. The lowest BCUT2D eigenvalue weighted by Crippen LogP contribution is -2.47. The first-order valence-electron chi connectivity index (χ1n) is 7.32. The second-order valence-corrected chi connectivity index (χ2v) is 5.95. The number of likely N-dealkylation sites (tertiary alicyclic amines) is 1. The van der Waals surface area contributed by atoms with Crippen molar-refractivity contribution in [1.82, 2.24) is 10.2 Å². The van der Waals surface area contributed by atoms with E-state index in [0.29, 0.717) is 12.5 Å². The standard InChI is InChI=1S/C14H22N2O3/c1-15-12(9-5-6-19-8-9)7-16-13(17)10-3-2-4-11(10)14(16)18/h9-12,15H,2-8H2,1H3. The molecule has 4 atom stereocenters. The summed E-state index contributed by atoms with van der Waals surface area (Å²) >= 11 is 0. The van der Waals surface area contributed by atoms with Gasteiger partial charge in [-0.2, -0.15) is 0 Å². The second-order valence-electron chi connectivity index (χ2n) is 5.95. The summed E-state index contributed by atoms with van der Waals surface area (Å²) in [5.74, 6) is 0.485. The van der Waals surface area contributed by atoms with Crippen LogP contribution in [-0.4, -0.2) is 49.6 Å². The van der Waals surface area contributed by atoms with Gasteiger partial charge in [-0.05, 0) is 26.3 Å². The van der Waals surface area contributed by atoms with Crippen LogP contribution in [0, 0.1) is 17.8 Å². The van der Waals surface area contributed by atoms with Gasteiger partial charge in [-0.25, -0.2) is 0 Å². The van der Waals surface area contributed by atoms with Gasteiger partial charge in [0, 0.05) is 25.1 Å². The van der Waals surface area contributed by atoms with E-state index in [9.17, 15) is 9.59 Å². The number of imide groups is 1. The third-order valence-electron chi connectivity index (χ3n) is 4.97. The van der Waals surface area contributed by atoms with Crippen LogP contribution in [0.2, 0.25) is 0 Å². The Bertz CT molecular complexity index is 357. The summed E-state index contributed by atoms with van der Waals surface area (Å²) in [6, 6.07) is 0.161. The van der Waals surface area contributed by atoms with E-state index in [4.69, 9.17) is 4.74 Å². The van der Waals surface area contributed by atoms with Gasteiger partial charge in [-0.15, -0.1) is 0 Å². The number of fused-ring (bicyclic) bond motifs is 1. The average molecular weight is 266 g/mol. The maximum absolute atomic E-state index is 12.3. The van der Waals surface area contributed by atoms with Gasteiger partial charge in [0.05, 0.1) is 18.4 Å². The zero-order chi connectivity index (χ0) is 13.4. The Balaban J connectivity index is 1.68. The van der Waals surface area contributed by atoms with Crippen molar-refractivity contribution in [3.05, 3.63) is 0 Å². The molecule has 0 aromatic carbocycles. The number of amides is 2. The van der Waals surface area contributed by atoms with Crippen molar-refractivity contribution in [2.24, 2.45) is 17.8 Å². The van der Waals surface area contributed by atoms with E-state index >= 15 is 0 Å². The summed E-state index contributed by atoms with van der Waals surface area (Å²) in [6.45, 7) is 2.03. The van der Waals surface area contributed by atoms with Crippen LogP contribution in [-0.2, 0) is 14.3 Å². The van der Waals surface area contributed by atoms with Crippen LogP contribution in [0.15, 0.2) is 0 Å². The Kier molecular flexibility index (Phi) is 3.58. The maximum atomic E-state index is 12.3. The zero-order valence-electron chi connectivity index (χ0n) is 11.4. The molecule has 0 spiro atoms. The van der Waals surface area contributed by atoms with Gasteiger partial charge < -0.3 is 10.1 Å². The normalized spacial score (nSPS) is 36.1. The predicted octanol–water partition coefficient (Wildman–Crippen LogP) is 0.396. The largest absolute Gasteiger partial charge is 0.381 e. The van der Waals surface area contributed by atoms with E-state index < -0.39 is 0 Å². The van der Waals surface area contributed by atoms with Gasteiger partial charge in [0.1, 0.15) is 0 Å². The molecule has 1 saturated carbocycles. The molecule has 2 heterocycles. The van der Waals surface area contributed by atoms with Crippen LogP contribution in [0.5, 0.6) is 0 Å². The molecular weight excluding hydrogens is 244 g/mol. The summed E-state index contributed by atoms with van der Waals surface area (Å²) in [6.07, 6.45) is 3.81. The minimum atomic E-state index is -0.0233. The van der Waals surface area contributed by atoms with Crippen LogP contribution in [0.4, 0.5) is 0 Å². The van der Waals surface area contributed by atoms with Gasteiger partial charge in [-0.3, -0.25) is 14.5 Å². The molecule has 106 valence electrons. The van der Waals surface area contributed by atoms with E-state index in [2.05, 4.69) is 5.32 Å². The minimum absolute atomic E-state index is 0.0233. The molecule has 2 amide bonds. The van der Waals surface area contributed by atoms with Crippen LogP contribution in [0.25, 0.3) is 0 Å². The van der Waals surface area contributed by atoms with Crippen molar-refractivity contribution < 1.29 is 14.3 Å².